The molecule has 1 amide bonds. The minimum absolute atomic E-state index is 0.00853. The van der Waals surface area contributed by atoms with Crippen LogP contribution in [0, 0.1) is 0 Å². The molecule has 31 heavy (non-hydrogen) atoms. The first-order valence-corrected chi connectivity index (χ1v) is 10.4. The van der Waals surface area contributed by atoms with Crippen LogP contribution in [-0.2, 0) is 9.59 Å². The van der Waals surface area contributed by atoms with Crippen molar-refractivity contribution in [2.45, 2.75) is 37.8 Å². The fourth-order valence-electron chi connectivity index (χ4n) is 3.68. The lowest BCUT2D eigenvalue weighted by Crippen LogP contribution is -2.28. The number of amides is 1. The number of fused-ring (bicyclic) bond motifs is 1. The van der Waals surface area contributed by atoms with Crippen LogP contribution in [0.1, 0.15) is 48.9 Å². The van der Waals surface area contributed by atoms with E-state index in [1.165, 1.54) is 0 Å². The lowest BCUT2D eigenvalue weighted by molar-refractivity contribution is -0.305. The molecule has 0 bridgehead atoms. The Morgan fingerprint density at radius 3 is 2.55 bits per heavy atom. The van der Waals surface area contributed by atoms with Gasteiger partial charge in [-0.15, -0.1) is 5.10 Å². The first-order valence-electron chi connectivity index (χ1n) is 10.0. The number of benzene rings is 2. The van der Waals surface area contributed by atoms with E-state index >= 15 is 0 Å². The summed E-state index contributed by atoms with van der Waals surface area (Å²) in [5.41, 5.74) is 2.16. The van der Waals surface area contributed by atoms with Crippen molar-refractivity contribution in [3.8, 4) is 0 Å². The second-order valence-electron chi connectivity index (χ2n) is 7.39. The monoisotopic (exact) mass is 438 g/mol. The zero-order valence-corrected chi connectivity index (χ0v) is 17.4. The van der Waals surface area contributed by atoms with E-state index in [2.05, 4.69) is 20.7 Å². The number of halogens is 1. The molecule has 0 spiro atoms. The van der Waals surface area contributed by atoms with Gasteiger partial charge in [0.25, 0.3) is 5.95 Å². The first-order chi connectivity index (χ1) is 15.0. The summed E-state index contributed by atoms with van der Waals surface area (Å²) in [4.78, 5) is 27.1. The van der Waals surface area contributed by atoms with Gasteiger partial charge in [0, 0.05) is 17.4 Å². The molecule has 2 N–H and O–H groups in total. The lowest BCUT2D eigenvalue weighted by Gasteiger charge is -2.31. The number of hydrogen-bond acceptors (Lipinski definition) is 6. The van der Waals surface area contributed by atoms with Crippen molar-refractivity contribution < 1.29 is 14.7 Å². The number of nitrogens with one attached hydrogen (secondary N) is 2. The zero-order chi connectivity index (χ0) is 21.8. The third-order valence-corrected chi connectivity index (χ3v) is 5.43. The van der Waals surface area contributed by atoms with Crippen molar-refractivity contribution in [3.63, 3.8) is 0 Å². The molecule has 2 aromatic carbocycles. The van der Waals surface area contributed by atoms with Crippen molar-refractivity contribution >= 4 is 35.4 Å². The molecule has 0 saturated heterocycles. The maximum absolute atomic E-state index is 12.1. The van der Waals surface area contributed by atoms with E-state index < -0.39 is 5.97 Å². The summed E-state index contributed by atoms with van der Waals surface area (Å²) in [6.45, 7) is 0. The Balaban J connectivity index is 1.58. The fourth-order valence-corrected chi connectivity index (χ4v) is 3.80. The van der Waals surface area contributed by atoms with E-state index in [-0.39, 0.29) is 43.2 Å². The van der Waals surface area contributed by atoms with Gasteiger partial charge in [-0.1, -0.05) is 54.1 Å². The minimum atomic E-state index is -1.17. The van der Waals surface area contributed by atoms with Gasteiger partial charge in [-0.3, -0.25) is 10.1 Å². The highest BCUT2D eigenvalue weighted by atomic mass is 35.5. The van der Waals surface area contributed by atoms with Crippen LogP contribution in [0.15, 0.2) is 54.6 Å². The van der Waals surface area contributed by atoms with E-state index in [9.17, 15) is 14.7 Å². The lowest BCUT2D eigenvalue weighted by atomic mass is 9.93. The number of hydrogen-bond donors (Lipinski definition) is 2. The number of carboxylic acids is 1. The van der Waals surface area contributed by atoms with Gasteiger partial charge in [0.15, 0.2) is 0 Å². The fraction of sp³-hybridized carbons (Fsp3) is 0.273. The maximum atomic E-state index is 12.1. The molecule has 2 heterocycles. The van der Waals surface area contributed by atoms with Gasteiger partial charge in [-0.05, 0) is 42.5 Å². The number of aliphatic carboxylic acids is 1. The number of rotatable bonds is 7. The summed E-state index contributed by atoms with van der Waals surface area (Å²) in [6.07, 6.45) is 0.827. The van der Waals surface area contributed by atoms with Crippen molar-refractivity contribution in [1.29, 1.82) is 0 Å². The first kappa shape index (κ1) is 20.9. The Bertz CT molecular complexity index is 1070. The molecule has 1 aromatic heterocycles. The number of carbonyl (C=O) groups is 2. The van der Waals surface area contributed by atoms with Crippen LogP contribution in [0.5, 0.6) is 0 Å². The minimum Gasteiger partial charge on any atom is -0.550 e. The Morgan fingerprint density at radius 1 is 1.10 bits per heavy atom. The smallest absolute Gasteiger partial charge is 0.250 e. The average molecular weight is 439 g/mol. The quantitative estimate of drug-likeness (QED) is 0.586. The van der Waals surface area contributed by atoms with Crippen LogP contribution in [0.4, 0.5) is 11.9 Å². The molecule has 2 atom stereocenters. The second kappa shape index (κ2) is 9.18. The van der Waals surface area contributed by atoms with Crippen LogP contribution in [0.2, 0.25) is 5.02 Å². The van der Waals surface area contributed by atoms with Gasteiger partial charge in [0.2, 0.25) is 11.9 Å². The Kier molecular flexibility index (Phi) is 6.18. The van der Waals surface area contributed by atoms with Crippen molar-refractivity contribution in [1.82, 2.24) is 14.8 Å². The average Bonchev–Trinajstić information content (AvgIpc) is 3.16. The zero-order valence-electron chi connectivity index (χ0n) is 16.6. The molecule has 0 aliphatic carbocycles. The van der Waals surface area contributed by atoms with E-state index in [0.717, 1.165) is 17.5 Å². The Labute approximate surface area is 184 Å². The molecule has 8 nitrogen and oxygen atoms in total. The standard InChI is InChI=1S/C22H22ClN5O3/c23-16-11-9-14(10-12-16)17-13-18(15-5-2-1-3-6-15)28-22(24-17)26-21(27-28)25-19(29)7-4-8-20(30)31/h1-3,5-6,9-12,17-18H,4,7-8,13H2,(H,30,31)(H2,24,25,26,27,29)/p-1/t17-,18+/m0/s1. The molecule has 3 aromatic rings. The topological polar surface area (TPSA) is 112 Å². The number of carbonyl (C=O) groups excluding carboxylic acids is 2. The Hall–Kier alpha value is -3.39. The van der Waals surface area contributed by atoms with E-state index in [1.54, 1.807) is 4.68 Å². The second-order valence-corrected chi connectivity index (χ2v) is 7.82. The molecule has 1 aliphatic rings. The highest BCUT2D eigenvalue weighted by molar-refractivity contribution is 6.30. The van der Waals surface area contributed by atoms with Crippen LogP contribution < -0.4 is 15.7 Å². The summed E-state index contributed by atoms with van der Waals surface area (Å²) in [6, 6.07) is 17.6. The summed E-state index contributed by atoms with van der Waals surface area (Å²) in [5, 5.41) is 21.7. The number of anilines is 2. The van der Waals surface area contributed by atoms with Crippen molar-refractivity contribution in [3.05, 3.63) is 70.7 Å². The van der Waals surface area contributed by atoms with Crippen LogP contribution in [0.25, 0.3) is 0 Å². The molecule has 4 rings (SSSR count). The SMILES string of the molecule is O=C([O-])CCCC(=O)Nc1nc2n(n1)[C@@H](c1ccccc1)C[C@@H](c1ccc(Cl)cc1)N2. The third-order valence-electron chi connectivity index (χ3n) is 5.18. The predicted molar refractivity (Wildman–Crippen MR) is 115 cm³/mol. The van der Waals surface area contributed by atoms with Crippen LogP contribution in [0.3, 0.4) is 0 Å². The van der Waals surface area contributed by atoms with Gasteiger partial charge in [0.05, 0.1) is 12.1 Å². The molecule has 1 aliphatic heterocycles. The highest BCUT2D eigenvalue weighted by Crippen LogP contribution is 2.38. The van der Waals surface area contributed by atoms with E-state index in [4.69, 9.17) is 11.6 Å². The van der Waals surface area contributed by atoms with Crippen LogP contribution >= 0.6 is 11.6 Å². The van der Waals surface area contributed by atoms with E-state index in [0.29, 0.717) is 11.0 Å². The summed E-state index contributed by atoms with van der Waals surface area (Å²) in [7, 11) is 0. The molecule has 0 saturated carbocycles. The summed E-state index contributed by atoms with van der Waals surface area (Å²) < 4.78 is 1.78. The molecular formula is C22H21ClN5O3-. The van der Waals surface area contributed by atoms with Gasteiger partial charge < -0.3 is 15.2 Å². The molecule has 9 heteroatoms. The molecule has 0 fully saturated rings. The molecule has 160 valence electrons. The number of aromatic nitrogens is 3. The third kappa shape index (κ3) is 5.03. The van der Waals surface area contributed by atoms with Gasteiger partial charge >= 0.3 is 0 Å². The van der Waals surface area contributed by atoms with Gasteiger partial charge in [0.1, 0.15) is 0 Å². The van der Waals surface area contributed by atoms with Crippen molar-refractivity contribution in [2.24, 2.45) is 0 Å². The van der Waals surface area contributed by atoms with Gasteiger partial charge in [-0.2, -0.15) is 4.98 Å². The number of nitrogens with zero attached hydrogens (tertiary/aromatic N) is 3. The molecular weight excluding hydrogens is 418 g/mol. The summed E-state index contributed by atoms with van der Waals surface area (Å²) >= 11 is 6.04. The molecule has 0 radical (unpaired) electrons. The van der Waals surface area contributed by atoms with Gasteiger partial charge in [-0.25, -0.2) is 4.68 Å². The molecule has 0 unspecified atom stereocenters. The highest BCUT2D eigenvalue weighted by Gasteiger charge is 2.31. The normalized spacial score (nSPS) is 17.5. The summed E-state index contributed by atoms with van der Waals surface area (Å²) in [5.74, 6) is -0.787. The van der Waals surface area contributed by atoms with E-state index in [1.807, 2.05) is 54.6 Å². The number of carboxylic acid groups (broad SMARTS) is 1. The van der Waals surface area contributed by atoms with Crippen LogP contribution in [-0.4, -0.2) is 26.6 Å². The largest absolute Gasteiger partial charge is 0.550 e. The maximum Gasteiger partial charge on any atom is 0.250 e. The predicted octanol–water partition coefficient (Wildman–Crippen LogP) is 2.94. The Morgan fingerprint density at radius 2 is 1.84 bits per heavy atom. The van der Waals surface area contributed by atoms with Crippen molar-refractivity contribution in [2.75, 3.05) is 10.6 Å².